The van der Waals surface area contributed by atoms with Crippen molar-refractivity contribution in [3.8, 4) is 39.1 Å². The van der Waals surface area contributed by atoms with Crippen LogP contribution < -0.4 is 4.90 Å². The molecule has 0 aliphatic heterocycles. The van der Waals surface area contributed by atoms with E-state index < -0.39 is 5.60 Å². The van der Waals surface area contributed by atoms with Gasteiger partial charge >= 0.3 is 0 Å². The Bertz CT molecular complexity index is 2780. The Labute approximate surface area is 309 Å². The molecule has 10 rings (SSSR count). The fraction of sp³-hybridized carbons (Fsp3) is 0.0400. The number of rotatable bonds is 6. The molecule has 1 N–H and O–H groups in total. The summed E-state index contributed by atoms with van der Waals surface area (Å²) in [6, 6.07) is 68.9. The summed E-state index contributed by atoms with van der Waals surface area (Å²) in [7, 11) is 0. The second-order valence-corrected chi connectivity index (χ2v) is 14.1. The van der Waals surface area contributed by atoms with E-state index in [-0.39, 0.29) is 0 Å². The van der Waals surface area contributed by atoms with Gasteiger partial charge in [0.05, 0.1) is 11.0 Å². The van der Waals surface area contributed by atoms with Gasteiger partial charge in [-0.15, -0.1) is 0 Å². The third kappa shape index (κ3) is 5.09. The maximum Gasteiger partial charge on any atom is 0.113 e. The van der Waals surface area contributed by atoms with Crippen molar-refractivity contribution in [2.45, 2.75) is 12.5 Å². The highest BCUT2D eigenvalue weighted by Gasteiger charge is 2.37. The molecular formula is C50H36N2O. The zero-order chi connectivity index (χ0) is 35.5. The molecule has 0 radical (unpaired) electrons. The van der Waals surface area contributed by atoms with E-state index in [1.165, 1.54) is 38.5 Å². The predicted octanol–water partition coefficient (Wildman–Crippen LogP) is 12.8. The maximum absolute atomic E-state index is 11.6. The minimum atomic E-state index is -1.04. The Morgan fingerprint density at radius 2 is 0.943 bits per heavy atom. The zero-order valence-electron chi connectivity index (χ0n) is 29.3. The topological polar surface area (TPSA) is 28.4 Å². The minimum Gasteiger partial charge on any atom is -0.381 e. The lowest BCUT2D eigenvalue weighted by Crippen LogP contribution is -2.19. The van der Waals surface area contributed by atoms with E-state index in [0.29, 0.717) is 0 Å². The first kappa shape index (κ1) is 31.1. The zero-order valence-corrected chi connectivity index (χ0v) is 29.3. The minimum absolute atomic E-state index is 0.932. The fourth-order valence-corrected chi connectivity index (χ4v) is 8.30. The molecule has 1 unspecified atom stereocenters. The van der Waals surface area contributed by atoms with Crippen molar-refractivity contribution in [1.29, 1.82) is 0 Å². The molecule has 9 aromatic rings. The van der Waals surface area contributed by atoms with Crippen molar-refractivity contribution >= 4 is 38.9 Å². The first-order valence-corrected chi connectivity index (χ1v) is 18.2. The van der Waals surface area contributed by atoms with Crippen molar-refractivity contribution < 1.29 is 5.11 Å². The molecule has 53 heavy (non-hydrogen) atoms. The smallest absolute Gasteiger partial charge is 0.113 e. The number of nitrogens with zero attached hydrogens (tertiary/aromatic N) is 2. The summed E-state index contributed by atoms with van der Waals surface area (Å²) in [5.74, 6) is 0. The van der Waals surface area contributed by atoms with Gasteiger partial charge in [0.2, 0.25) is 0 Å². The number of benzene rings is 8. The van der Waals surface area contributed by atoms with Gasteiger partial charge in [0.15, 0.2) is 0 Å². The molecule has 3 heteroatoms. The summed E-state index contributed by atoms with van der Waals surface area (Å²) in [6.45, 7) is 1.90. The second kappa shape index (κ2) is 12.2. The third-order valence-corrected chi connectivity index (χ3v) is 10.9. The van der Waals surface area contributed by atoms with E-state index in [1.54, 1.807) is 0 Å². The van der Waals surface area contributed by atoms with E-state index >= 15 is 0 Å². The van der Waals surface area contributed by atoms with Crippen LogP contribution in [-0.4, -0.2) is 9.67 Å². The first-order valence-electron chi connectivity index (χ1n) is 18.2. The summed E-state index contributed by atoms with van der Waals surface area (Å²) >= 11 is 0. The van der Waals surface area contributed by atoms with E-state index in [4.69, 9.17) is 0 Å². The molecule has 1 aromatic heterocycles. The molecule has 252 valence electrons. The molecule has 8 aromatic carbocycles. The van der Waals surface area contributed by atoms with Crippen LogP contribution in [0.15, 0.2) is 194 Å². The molecule has 1 atom stereocenters. The van der Waals surface area contributed by atoms with Gasteiger partial charge < -0.3 is 14.6 Å². The molecule has 0 saturated heterocycles. The van der Waals surface area contributed by atoms with Crippen LogP contribution in [0.5, 0.6) is 0 Å². The van der Waals surface area contributed by atoms with Crippen LogP contribution in [0.4, 0.5) is 17.1 Å². The molecule has 0 bridgehead atoms. The summed E-state index contributed by atoms with van der Waals surface area (Å²) in [6.07, 6.45) is 0. The number of aromatic nitrogens is 1. The Kier molecular flexibility index (Phi) is 7.17. The third-order valence-electron chi connectivity index (χ3n) is 10.9. The van der Waals surface area contributed by atoms with E-state index in [0.717, 1.165) is 50.6 Å². The molecule has 0 saturated carbocycles. The molecule has 0 fully saturated rings. The highest BCUT2D eigenvalue weighted by Crippen LogP contribution is 2.49. The van der Waals surface area contributed by atoms with E-state index in [9.17, 15) is 5.11 Å². The van der Waals surface area contributed by atoms with Crippen molar-refractivity contribution in [2.75, 3.05) is 4.90 Å². The monoisotopic (exact) mass is 680 g/mol. The first-order chi connectivity index (χ1) is 26.0. The van der Waals surface area contributed by atoms with E-state index in [2.05, 4.69) is 179 Å². The highest BCUT2D eigenvalue weighted by atomic mass is 16.3. The molecule has 1 aliphatic rings. The molecule has 0 amide bonds. The van der Waals surface area contributed by atoms with Crippen LogP contribution in [0.2, 0.25) is 0 Å². The Morgan fingerprint density at radius 3 is 1.68 bits per heavy atom. The Balaban J connectivity index is 1.07. The van der Waals surface area contributed by atoms with Gasteiger partial charge in [0.1, 0.15) is 5.60 Å². The molecular weight excluding hydrogens is 645 g/mol. The number of hydrogen-bond donors (Lipinski definition) is 1. The molecule has 1 heterocycles. The summed E-state index contributed by atoms with van der Waals surface area (Å²) in [5, 5.41) is 14.1. The molecule has 1 aliphatic carbocycles. The van der Waals surface area contributed by atoms with Crippen LogP contribution in [0.25, 0.3) is 60.9 Å². The van der Waals surface area contributed by atoms with Gasteiger partial charge in [0, 0.05) is 33.5 Å². The van der Waals surface area contributed by atoms with Crippen LogP contribution in [0, 0.1) is 0 Å². The average Bonchev–Trinajstić information content (AvgIpc) is 3.67. The van der Waals surface area contributed by atoms with Gasteiger partial charge in [-0.25, -0.2) is 0 Å². The van der Waals surface area contributed by atoms with Crippen molar-refractivity contribution in [2.24, 2.45) is 0 Å². The lowest BCUT2D eigenvalue weighted by Gasteiger charge is -2.27. The van der Waals surface area contributed by atoms with Crippen LogP contribution >= 0.6 is 0 Å². The van der Waals surface area contributed by atoms with Gasteiger partial charge in [-0.05, 0) is 118 Å². The lowest BCUT2D eigenvalue weighted by atomic mass is 9.94. The van der Waals surface area contributed by atoms with Crippen LogP contribution in [0.1, 0.15) is 18.1 Å². The number of para-hydroxylation sites is 2. The fourth-order valence-electron chi connectivity index (χ4n) is 8.30. The quantitative estimate of drug-likeness (QED) is 0.189. The lowest BCUT2D eigenvalue weighted by molar-refractivity contribution is 0.107. The normalized spacial score (nSPS) is 14.7. The molecule has 0 spiro atoms. The maximum atomic E-state index is 11.6. The SMILES string of the molecule is CC1(O)c2ccccc2-c2cc(N(c3ccc(-c4ccccc4)cc3)c3ccc(-c4ccc5c(c4)c4ccccc4n5-c4ccccc4)cc3)ccc21. The highest BCUT2D eigenvalue weighted by molar-refractivity contribution is 6.10. The van der Waals surface area contributed by atoms with Gasteiger partial charge in [0.25, 0.3) is 0 Å². The number of hydrogen-bond acceptors (Lipinski definition) is 2. The number of anilines is 3. The van der Waals surface area contributed by atoms with Crippen LogP contribution in [-0.2, 0) is 5.60 Å². The van der Waals surface area contributed by atoms with Crippen molar-refractivity contribution in [3.05, 3.63) is 205 Å². The predicted molar refractivity (Wildman–Crippen MR) is 220 cm³/mol. The Morgan fingerprint density at radius 1 is 0.415 bits per heavy atom. The van der Waals surface area contributed by atoms with Gasteiger partial charge in [-0.2, -0.15) is 0 Å². The Hall–Kier alpha value is -6.68. The largest absolute Gasteiger partial charge is 0.381 e. The van der Waals surface area contributed by atoms with Crippen molar-refractivity contribution in [1.82, 2.24) is 4.57 Å². The number of aliphatic hydroxyl groups is 1. The summed E-state index contributed by atoms with van der Waals surface area (Å²) < 4.78 is 2.35. The summed E-state index contributed by atoms with van der Waals surface area (Å²) in [5.41, 5.74) is 14.4. The van der Waals surface area contributed by atoms with Crippen LogP contribution in [0.3, 0.4) is 0 Å². The summed E-state index contributed by atoms with van der Waals surface area (Å²) in [4.78, 5) is 2.31. The average molecular weight is 681 g/mol. The van der Waals surface area contributed by atoms with E-state index in [1.807, 2.05) is 31.2 Å². The van der Waals surface area contributed by atoms with Crippen molar-refractivity contribution in [3.63, 3.8) is 0 Å². The standard InChI is InChI=1S/C50H36N2O/c1-50(53)46-18-10-8-16-42(46)44-33-41(29-30-47(44)50)51(39-25-20-35(21-26-39)34-12-4-2-5-13-34)40-27-22-36(23-28-40)37-24-31-49-45(32-37)43-17-9-11-19-48(43)52(49)38-14-6-3-7-15-38/h2-33,53H,1H3. The van der Waals surface area contributed by atoms with Gasteiger partial charge in [-0.1, -0.05) is 127 Å². The van der Waals surface area contributed by atoms with Gasteiger partial charge in [-0.3, -0.25) is 0 Å². The molecule has 3 nitrogen and oxygen atoms in total. The number of fused-ring (bicyclic) bond motifs is 6. The second-order valence-electron chi connectivity index (χ2n) is 14.1.